The molecular weight excluding hydrogens is 276 g/mol. The molecule has 0 unspecified atom stereocenters. The number of aryl methyl sites for hydroxylation is 1. The van der Waals surface area contributed by atoms with Crippen LogP contribution in [-0.4, -0.2) is 15.8 Å². The third kappa shape index (κ3) is 1.77. The monoisotopic (exact) mass is 284 g/mol. The predicted molar refractivity (Wildman–Crippen MR) is 64.3 cm³/mol. The lowest BCUT2D eigenvalue weighted by molar-refractivity contribution is 0.112. The molecule has 0 atom stereocenters. The van der Waals surface area contributed by atoms with Crippen molar-refractivity contribution in [3.8, 4) is 10.6 Å². The van der Waals surface area contributed by atoms with Gasteiger partial charge in [0.15, 0.2) is 6.29 Å². The smallest absolute Gasteiger partial charge is 0.170 e. The zero-order valence-corrected chi connectivity index (χ0v) is 10.7. The highest BCUT2D eigenvalue weighted by Gasteiger charge is 2.14. The molecule has 0 N–H and O–H groups in total. The Kier molecular flexibility index (Phi) is 2.75. The van der Waals surface area contributed by atoms with Crippen LogP contribution in [0.5, 0.6) is 0 Å². The van der Waals surface area contributed by atoms with Crippen molar-refractivity contribution in [1.82, 2.24) is 9.55 Å². The molecule has 2 aromatic heterocycles. The second kappa shape index (κ2) is 3.90. The molecule has 0 amide bonds. The van der Waals surface area contributed by atoms with E-state index in [1.54, 1.807) is 11.3 Å². The van der Waals surface area contributed by atoms with Gasteiger partial charge in [0.05, 0.1) is 14.4 Å². The number of nitrogens with zero attached hydrogens (tertiary/aromatic N) is 2. The maximum absolute atomic E-state index is 10.9. The maximum atomic E-state index is 10.9. The third-order valence-electron chi connectivity index (χ3n) is 2.26. The second-order valence-corrected chi connectivity index (χ2v) is 5.64. The molecule has 2 rings (SSSR count). The third-order valence-corrected chi connectivity index (χ3v) is 3.89. The van der Waals surface area contributed by atoms with Crippen molar-refractivity contribution in [2.24, 2.45) is 7.05 Å². The van der Waals surface area contributed by atoms with Crippen LogP contribution in [-0.2, 0) is 7.05 Å². The number of aromatic nitrogens is 2. The number of aldehydes is 1. The van der Waals surface area contributed by atoms with Crippen LogP contribution in [0.15, 0.2) is 15.9 Å². The molecule has 78 valence electrons. The molecule has 0 saturated carbocycles. The van der Waals surface area contributed by atoms with Crippen molar-refractivity contribution in [1.29, 1.82) is 0 Å². The Morgan fingerprint density at radius 2 is 2.27 bits per heavy atom. The van der Waals surface area contributed by atoms with Crippen LogP contribution in [0.1, 0.15) is 16.3 Å². The van der Waals surface area contributed by atoms with Crippen molar-refractivity contribution in [3.63, 3.8) is 0 Å². The molecule has 0 saturated heterocycles. The van der Waals surface area contributed by atoms with Gasteiger partial charge in [0.1, 0.15) is 11.5 Å². The van der Waals surface area contributed by atoms with E-state index >= 15 is 0 Å². The lowest BCUT2D eigenvalue weighted by Gasteiger charge is -2.00. The zero-order chi connectivity index (χ0) is 11.0. The summed E-state index contributed by atoms with van der Waals surface area (Å²) in [6, 6.07) is 3.95. The topological polar surface area (TPSA) is 34.9 Å². The van der Waals surface area contributed by atoms with Crippen molar-refractivity contribution in [2.75, 3.05) is 0 Å². The summed E-state index contributed by atoms with van der Waals surface area (Å²) in [6.45, 7) is 1.89. The first kappa shape index (κ1) is 10.6. The lowest BCUT2D eigenvalue weighted by atomic mass is 10.3. The highest BCUT2D eigenvalue weighted by molar-refractivity contribution is 9.11. The second-order valence-electron chi connectivity index (χ2n) is 3.17. The van der Waals surface area contributed by atoms with Crippen molar-refractivity contribution in [2.45, 2.75) is 6.92 Å². The number of thiophene rings is 1. The van der Waals surface area contributed by atoms with Crippen LogP contribution in [0.4, 0.5) is 0 Å². The van der Waals surface area contributed by atoms with Crippen LogP contribution in [0.2, 0.25) is 0 Å². The van der Waals surface area contributed by atoms with Gasteiger partial charge in [-0.2, -0.15) is 0 Å². The fraction of sp³-hybridized carbons (Fsp3) is 0.200. The fourth-order valence-electron chi connectivity index (χ4n) is 1.45. The minimum Gasteiger partial charge on any atom is -0.330 e. The SMILES string of the molecule is Cc1nc(C=O)c(-c2ccc(Br)s2)n1C. The van der Waals surface area contributed by atoms with Gasteiger partial charge >= 0.3 is 0 Å². The molecule has 0 bridgehead atoms. The Balaban J connectivity index is 2.65. The molecule has 0 aliphatic heterocycles. The summed E-state index contributed by atoms with van der Waals surface area (Å²) in [6.07, 6.45) is 0.802. The van der Waals surface area contributed by atoms with Gasteiger partial charge in [-0.1, -0.05) is 0 Å². The summed E-state index contributed by atoms with van der Waals surface area (Å²) in [4.78, 5) is 16.1. The first-order valence-corrected chi connectivity index (χ1v) is 5.98. The number of hydrogen-bond acceptors (Lipinski definition) is 3. The Morgan fingerprint density at radius 3 is 2.80 bits per heavy atom. The van der Waals surface area contributed by atoms with Crippen molar-refractivity contribution < 1.29 is 4.79 Å². The number of carbonyl (C=O) groups is 1. The van der Waals surface area contributed by atoms with Crippen LogP contribution in [0.3, 0.4) is 0 Å². The number of halogens is 1. The van der Waals surface area contributed by atoms with Crippen LogP contribution in [0, 0.1) is 6.92 Å². The van der Waals surface area contributed by atoms with E-state index in [2.05, 4.69) is 20.9 Å². The number of rotatable bonds is 2. The number of carbonyl (C=O) groups excluding carboxylic acids is 1. The van der Waals surface area contributed by atoms with E-state index in [1.807, 2.05) is 30.7 Å². The maximum Gasteiger partial charge on any atom is 0.170 e. The highest BCUT2D eigenvalue weighted by Crippen LogP contribution is 2.32. The van der Waals surface area contributed by atoms with Gasteiger partial charge in [-0.15, -0.1) is 11.3 Å². The molecular formula is C10H9BrN2OS. The van der Waals surface area contributed by atoms with E-state index in [0.717, 1.165) is 26.5 Å². The highest BCUT2D eigenvalue weighted by atomic mass is 79.9. The van der Waals surface area contributed by atoms with Gasteiger partial charge in [-0.05, 0) is 35.0 Å². The summed E-state index contributed by atoms with van der Waals surface area (Å²) in [5.41, 5.74) is 1.39. The van der Waals surface area contributed by atoms with Crippen LogP contribution in [0.25, 0.3) is 10.6 Å². The molecule has 0 fully saturated rings. The summed E-state index contributed by atoms with van der Waals surface area (Å²) < 4.78 is 2.98. The van der Waals surface area contributed by atoms with Gasteiger partial charge in [-0.3, -0.25) is 4.79 Å². The van der Waals surface area contributed by atoms with Gasteiger partial charge < -0.3 is 4.57 Å². The summed E-state index contributed by atoms with van der Waals surface area (Å²) in [5.74, 6) is 0.844. The van der Waals surface area contributed by atoms with Crippen molar-refractivity contribution >= 4 is 33.6 Å². The van der Waals surface area contributed by atoms with E-state index in [1.165, 1.54) is 0 Å². The summed E-state index contributed by atoms with van der Waals surface area (Å²) in [5, 5.41) is 0. The molecule has 0 spiro atoms. The number of imidazole rings is 1. The first-order valence-electron chi connectivity index (χ1n) is 4.37. The minimum absolute atomic E-state index is 0.504. The fourth-order valence-corrected chi connectivity index (χ4v) is 2.93. The molecule has 3 nitrogen and oxygen atoms in total. The van der Waals surface area contributed by atoms with Gasteiger partial charge in [0, 0.05) is 7.05 Å². The minimum atomic E-state index is 0.504. The molecule has 5 heteroatoms. The van der Waals surface area contributed by atoms with E-state index in [-0.39, 0.29) is 0 Å². The first-order chi connectivity index (χ1) is 7.13. The largest absolute Gasteiger partial charge is 0.330 e. The average molecular weight is 285 g/mol. The average Bonchev–Trinajstić information content (AvgIpc) is 2.73. The van der Waals surface area contributed by atoms with Crippen LogP contribution < -0.4 is 0 Å². The Hall–Kier alpha value is -0.940. The quantitative estimate of drug-likeness (QED) is 0.795. The Labute approximate surface area is 99.9 Å². The molecule has 0 aliphatic rings. The van der Waals surface area contributed by atoms with Gasteiger partial charge in [-0.25, -0.2) is 4.98 Å². The van der Waals surface area contributed by atoms with Gasteiger partial charge in [0.25, 0.3) is 0 Å². The molecule has 0 radical (unpaired) electrons. The van der Waals surface area contributed by atoms with E-state index in [0.29, 0.717) is 5.69 Å². The standard InChI is InChI=1S/C10H9BrN2OS/c1-6-12-7(5-14)10(13(6)2)8-3-4-9(11)15-8/h3-5H,1-2H3. The zero-order valence-electron chi connectivity index (χ0n) is 8.32. The molecule has 2 heterocycles. The molecule has 15 heavy (non-hydrogen) atoms. The normalized spacial score (nSPS) is 10.6. The van der Waals surface area contributed by atoms with Gasteiger partial charge in [0.2, 0.25) is 0 Å². The lowest BCUT2D eigenvalue weighted by Crippen LogP contribution is -1.93. The Morgan fingerprint density at radius 1 is 1.53 bits per heavy atom. The summed E-state index contributed by atoms with van der Waals surface area (Å²) in [7, 11) is 1.91. The van der Waals surface area contributed by atoms with E-state index < -0.39 is 0 Å². The van der Waals surface area contributed by atoms with Crippen molar-refractivity contribution in [3.05, 3.63) is 27.4 Å². The predicted octanol–water partition coefficient (Wildman–Crippen LogP) is 3.03. The van der Waals surface area contributed by atoms with E-state index in [9.17, 15) is 4.79 Å². The Bertz CT molecular complexity index is 515. The van der Waals surface area contributed by atoms with E-state index in [4.69, 9.17) is 0 Å². The molecule has 0 aliphatic carbocycles. The molecule has 2 aromatic rings. The molecule has 0 aromatic carbocycles. The van der Waals surface area contributed by atoms with Crippen LogP contribution >= 0.6 is 27.3 Å². The summed E-state index contributed by atoms with van der Waals surface area (Å²) >= 11 is 5.00. The number of hydrogen-bond donors (Lipinski definition) is 0.